The Bertz CT molecular complexity index is 391. The van der Waals surface area contributed by atoms with Gasteiger partial charge >= 0.3 is 0 Å². The van der Waals surface area contributed by atoms with Gasteiger partial charge in [0.1, 0.15) is 5.82 Å². The van der Waals surface area contributed by atoms with Crippen molar-refractivity contribution in [2.24, 2.45) is 0 Å². The monoisotopic (exact) mass is 247 g/mol. The van der Waals surface area contributed by atoms with Crippen LogP contribution in [0.15, 0.2) is 12.4 Å². The van der Waals surface area contributed by atoms with E-state index in [9.17, 15) is 0 Å². The molecule has 5 heteroatoms. The molecule has 2 N–H and O–H groups in total. The molecule has 0 radical (unpaired) electrons. The van der Waals surface area contributed by atoms with Gasteiger partial charge in [0.05, 0.1) is 18.1 Å². The van der Waals surface area contributed by atoms with Crippen molar-refractivity contribution in [2.45, 2.75) is 31.8 Å². The summed E-state index contributed by atoms with van der Waals surface area (Å²) in [5, 5.41) is 0. The minimum Gasteiger partial charge on any atom is -0.382 e. The third-order valence-corrected chi connectivity index (χ3v) is 4.00. The second kappa shape index (κ2) is 5.20. The molecule has 0 amide bonds. The molecular weight excluding hydrogens is 226 g/mol. The summed E-state index contributed by atoms with van der Waals surface area (Å²) >= 11 is 0. The molecule has 18 heavy (non-hydrogen) atoms. The van der Waals surface area contributed by atoms with E-state index in [4.69, 9.17) is 5.73 Å². The molecule has 1 aromatic heterocycles. The van der Waals surface area contributed by atoms with Crippen molar-refractivity contribution in [3.05, 3.63) is 18.1 Å². The van der Waals surface area contributed by atoms with E-state index in [-0.39, 0.29) is 0 Å². The first-order valence-electron chi connectivity index (χ1n) is 6.84. The van der Waals surface area contributed by atoms with Crippen LogP contribution >= 0.6 is 0 Å². The van der Waals surface area contributed by atoms with Crippen molar-refractivity contribution >= 4 is 5.82 Å². The van der Waals surface area contributed by atoms with Gasteiger partial charge in [-0.15, -0.1) is 0 Å². The second-order valence-corrected chi connectivity index (χ2v) is 5.35. The molecule has 5 nitrogen and oxygen atoms in total. The van der Waals surface area contributed by atoms with Crippen molar-refractivity contribution in [3.63, 3.8) is 0 Å². The Hall–Kier alpha value is -1.20. The molecule has 2 aliphatic rings. The van der Waals surface area contributed by atoms with Crippen LogP contribution in [0.3, 0.4) is 0 Å². The fraction of sp³-hybridized carbons (Fsp3) is 0.692. The van der Waals surface area contributed by atoms with Crippen molar-refractivity contribution in [1.82, 2.24) is 19.8 Å². The van der Waals surface area contributed by atoms with Crippen LogP contribution in [0, 0.1) is 0 Å². The van der Waals surface area contributed by atoms with Crippen LogP contribution in [0.4, 0.5) is 5.82 Å². The van der Waals surface area contributed by atoms with E-state index in [1.54, 1.807) is 12.4 Å². The van der Waals surface area contributed by atoms with Gasteiger partial charge in [-0.05, 0) is 38.9 Å². The Labute approximate surface area is 108 Å². The van der Waals surface area contributed by atoms with E-state index >= 15 is 0 Å². The number of aromatic nitrogens is 2. The lowest BCUT2D eigenvalue weighted by Crippen LogP contribution is -2.36. The fourth-order valence-corrected chi connectivity index (χ4v) is 3.10. The topological polar surface area (TPSA) is 58.3 Å². The summed E-state index contributed by atoms with van der Waals surface area (Å²) in [6.45, 7) is 5.79. The zero-order valence-corrected chi connectivity index (χ0v) is 10.8. The number of nitrogen functional groups attached to an aromatic ring is 1. The highest BCUT2D eigenvalue weighted by Crippen LogP contribution is 2.21. The lowest BCUT2D eigenvalue weighted by molar-refractivity contribution is 0.214. The Balaban J connectivity index is 1.63. The Morgan fingerprint density at radius 1 is 1.17 bits per heavy atom. The number of fused-ring (bicyclic) bond motifs is 1. The highest BCUT2D eigenvalue weighted by atomic mass is 15.3. The molecule has 1 aromatic rings. The van der Waals surface area contributed by atoms with Gasteiger partial charge in [-0.3, -0.25) is 14.8 Å². The summed E-state index contributed by atoms with van der Waals surface area (Å²) in [5.74, 6) is 0.497. The zero-order valence-electron chi connectivity index (χ0n) is 10.8. The third-order valence-electron chi connectivity index (χ3n) is 4.00. The standard InChI is InChI=1S/C13H21N5/c14-13-8-15-11(7-16-13)9-17-4-2-6-18-5-1-3-12(18)10-17/h7-8,12H,1-6,9-10H2,(H2,14,16). The molecule has 0 bridgehead atoms. The highest BCUT2D eigenvalue weighted by Gasteiger charge is 2.28. The summed E-state index contributed by atoms with van der Waals surface area (Å²) in [5.41, 5.74) is 6.58. The van der Waals surface area contributed by atoms with Crippen LogP contribution in [-0.4, -0.2) is 52.0 Å². The van der Waals surface area contributed by atoms with Crippen molar-refractivity contribution in [1.29, 1.82) is 0 Å². The molecule has 1 unspecified atom stereocenters. The van der Waals surface area contributed by atoms with Gasteiger partial charge in [0.15, 0.2) is 0 Å². The summed E-state index contributed by atoms with van der Waals surface area (Å²) < 4.78 is 0. The van der Waals surface area contributed by atoms with E-state index in [2.05, 4.69) is 19.8 Å². The van der Waals surface area contributed by atoms with Crippen LogP contribution in [-0.2, 0) is 6.54 Å². The van der Waals surface area contributed by atoms with Gasteiger partial charge in [-0.25, -0.2) is 4.98 Å². The van der Waals surface area contributed by atoms with Crippen molar-refractivity contribution < 1.29 is 0 Å². The Kier molecular flexibility index (Phi) is 3.43. The number of rotatable bonds is 2. The molecule has 2 aliphatic heterocycles. The SMILES string of the molecule is Nc1cnc(CN2CCCN3CCCC3C2)cn1. The minimum atomic E-state index is 0.497. The molecule has 1 atom stereocenters. The summed E-state index contributed by atoms with van der Waals surface area (Å²) in [4.78, 5) is 13.6. The Morgan fingerprint density at radius 3 is 2.89 bits per heavy atom. The van der Waals surface area contributed by atoms with Gasteiger partial charge in [-0.2, -0.15) is 0 Å². The second-order valence-electron chi connectivity index (χ2n) is 5.35. The molecule has 98 valence electrons. The average molecular weight is 247 g/mol. The molecule has 3 heterocycles. The quantitative estimate of drug-likeness (QED) is 0.835. The predicted molar refractivity (Wildman–Crippen MR) is 70.9 cm³/mol. The fourth-order valence-electron chi connectivity index (χ4n) is 3.10. The lowest BCUT2D eigenvalue weighted by atomic mass is 10.2. The lowest BCUT2D eigenvalue weighted by Gasteiger charge is -2.25. The third kappa shape index (κ3) is 2.62. The van der Waals surface area contributed by atoms with Gasteiger partial charge in [0.25, 0.3) is 0 Å². The van der Waals surface area contributed by atoms with E-state index in [0.717, 1.165) is 18.3 Å². The van der Waals surface area contributed by atoms with Gasteiger partial charge in [0.2, 0.25) is 0 Å². The molecular formula is C13H21N5. The minimum absolute atomic E-state index is 0.497. The van der Waals surface area contributed by atoms with Crippen LogP contribution in [0.2, 0.25) is 0 Å². The molecule has 0 saturated carbocycles. The largest absolute Gasteiger partial charge is 0.382 e. The first kappa shape index (κ1) is 11.9. The highest BCUT2D eigenvalue weighted by molar-refractivity contribution is 5.22. The predicted octanol–water partition coefficient (Wildman–Crippen LogP) is 0.729. The van der Waals surface area contributed by atoms with Crippen LogP contribution in [0.25, 0.3) is 0 Å². The number of hydrogen-bond donors (Lipinski definition) is 1. The average Bonchev–Trinajstić information content (AvgIpc) is 2.71. The number of hydrogen-bond acceptors (Lipinski definition) is 5. The maximum absolute atomic E-state index is 5.56. The summed E-state index contributed by atoms with van der Waals surface area (Å²) in [6.07, 6.45) is 7.42. The summed E-state index contributed by atoms with van der Waals surface area (Å²) in [6, 6.07) is 0.759. The van der Waals surface area contributed by atoms with Crippen LogP contribution in [0.1, 0.15) is 25.0 Å². The molecule has 2 saturated heterocycles. The van der Waals surface area contributed by atoms with E-state index in [1.165, 1.54) is 45.4 Å². The van der Waals surface area contributed by atoms with E-state index in [0.29, 0.717) is 5.82 Å². The molecule has 0 spiro atoms. The maximum atomic E-state index is 5.56. The number of nitrogens with zero attached hydrogens (tertiary/aromatic N) is 4. The first-order valence-corrected chi connectivity index (χ1v) is 6.84. The van der Waals surface area contributed by atoms with Crippen LogP contribution < -0.4 is 5.73 Å². The summed E-state index contributed by atoms with van der Waals surface area (Å²) in [7, 11) is 0. The first-order chi connectivity index (χ1) is 8.81. The molecule has 2 fully saturated rings. The molecule has 0 aromatic carbocycles. The van der Waals surface area contributed by atoms with Gasteiger partial charge < -0.3 is 5.73 Å². The van der Waals surface area contributed by atoms with Crippen molar-refractivity contribution in [3.8, 4) is 0 Å². The van der Waals surface area contributed by atoms with Gasteiger partial charge in [-0.1, -0.05) is 0 Å². The Morgan fingerprint density at radius 2 is 2.06 bits per heavy atom. The molecule has 0 aliphatic carbocycles. The van der Waals surface area contributed by atoms with Crippen LogP contribution in [0.5, 0.6) is 0 Å². The maximum Gasteiger partial charge on any atom is 0.141 e. The van der Waals surface area contributed by atoms with Gasteiger partial charge in [0, 0.05) is 19.1 Å². The van der Waals surface area contributed by atoms with E-state index in [1.807, 2.05) is 0 Å². The van der Waals surface area contributed by atoms with E-state index < -0.39 is 0 Å². The number of nitrogens with two attached hydrogens (primary N) is 1. The zero-order chi connectivity index (χ0) is 12.4. The van der Waals surface area contributed by atoms with Crippen molar-refractivity contribution in [2.75, 3.05) is 31.9 Å². The number of anilines is 1. The molecule has 3 rings (SSSR count). The normalized spacial score (nSPS) is 25.9. The smallest absolute Gasteiger partial charge is 0.141 e.